The monoisotopic (exact) mass is 414 g/mol. The van der Waals surface area contributed by atoms with Crippen molar-refractivity contribution in [2.45, 2.75) is 6.54 Å². The van der Waals surface area contributed by atoms with Crippen LogP contribution in [0, 0.1) is 11.6 Å². The average Bonchev–Trinajstić information content (AvgIpc) is 2.58. The van der Waals surface area contributed by atoms with Gasteiger partial charge in [0.15, 0.2) is 0 Å². The molecular formula is C18H17ClF2N2O5. The number of hydrogen-bond acceptors (Lipinski definition) is 4. The fourth-order valence-corrected chi connectivity index (χ4v) is 2.26. The SMILES string of the molecule is CN(CC(=O)Nc1c(F)cccc1F)Cc1cccc(Cl)c1.O=C(O)C(=O)O. The number of carbonyl (C=O) groups excluding carboxylic acids is 1. The van der Waals surface area contributed by atoms with Crippen LogP contribution in [0.3, 0.4) is 0 Å². The fraction of sp³-hybridized carbons (Fsp3) is 0.167. The maximum Gasteiger partial charge on any atom is 0.414 e. The lowest BCUT2D eigenvalue weighted by Gasteiger charge is -2.17. The summed E-state index contributed by atoms with van der Waals surface area (Å²) in [4.78, 5) is 31.8. The first-order chi connectivity index (χ1) is 13.1. The van der Waals surface area contributed by atoms with Crippen molar-refractivity contribution >= 4 is 35.1 Å². The van der Waals surface area contributed by atoms with Crippen LogP contribution in [0.4, 0.5) is 14.5 Å². The summed E-state index contributed by atoms with van der Waals surface area (Å²) in [6, 6.07) is 10.7. The number of halogens is 3. The molecule has 1 amide bonds. The summed E-state index contributed by atoms with van der Waals surface area (Å²) in [5, 5.41) is 17.6. The quantitative estimate of drug-likeness (QED) is 0.649. The standard InChI is InChI=1S/C16H15ClF2N2O.C2H2O4/c1-21(9-11-4-2-5-12(17)8-11)10-15(22)20-16-13(18)6-3-7-14(16)19;3-1(4)2(5)6/h2-8H,9-10H2,1H3,(H,20,22);(H,3,4)(H,5,6). The Labute approximate surface area is 164 Å². The maximum absolute atomic E-state index is 13.5. The third-order valence-electron chi connectivity index (χ3n) is 3.17. The molecule has 7 nitrogen and oxygen atoms in total. The Balaban J connectivity index is 0.000000568. The van der Waals surface area contributed by atoms with Crippen LogP contribution in [-0.4, -0.2) is 46.6 Å². The van der Waals surface area contributed by atoms with Crippen LogP contribution in [0.15, 0.2) is 42.5 Å². The minimum absolute atomic E-state index is 0.000285. The van der Waals surface area contributed by atoms with Crippen LogP contribution in [0.5, 0.6) is 0 Å². The third kappa shape index (κ3) is 8.11. The molecule has 0 spiro atoms. The van der Waals surface area contributed by atoms with Crippen LogP contribution in [0.2, 0.25) is 5.02 Å². The highest BCUT2D eigenvalue weighted by molar-refractivity contribution is 6.30. The van der Waals surface area contributed by atoms with Gasteiger partial charge in [0.1, 0.15) is 17.3 Å². The van der Waals surface area contributed by atoms with Gasteiger partial charge in [0, 0.05) is 11.6 Å². The highest BCUT2D eigenvalue weighted by atomic mass is 35.5. The lowest BCUT2D eigenvalue weighted by atomic mass is 10.2. The van der Waals surface area contributed by atoms with Crippen LogP contribution in [0.25, 0.3) is 0 Å². The minimum Gasteiger partial charge on any atom is -0.473 e. The molecule has 28 heavy (non-hydrogen) atoms. The Morgan fingerprint density at radius 3 is 2.07 bits per heavy atom. The number of carboxylic acids is 2. The van der Waals surface area contributed by atoms with E-state index in [1.165, 1.54) is 6.07 Å². The van der Waals surface area contributed by atoms with Crippen molar-refractivity contribution in [3.63, 3.8) is 0 Å². The van der Waals surface area contributed by atoms with E-state index < -0.39 is 35.2 Å². The van der Waals surface area contributed by atoms with Gasteiger partial charge >= 0.3 is 11.9 Å². The number of anilines is 1. The van der Waals surface area contributed by atoms with Gasteiger partial charge in [-0.1, -0.05) is 29.8 Å². The van der Waals surface area contributed by atoms with Crippen molar-refractivity contribution in [3.05, 3.63) is 64.7 Å². The summed E-state index contributed by atoms with van der Waals surface area (Å²) in [5.74, 6) is -5.74. The first kappa shape index (κ1) is 23.0. The molecule has 0 radical (unpaired) electrons. The van der Waals surface area contributed by atoms with Gasteiger partial charge in [-0.2, -0.15) is 0 Å². The Hall–Kier alpha value is -3.04. The van der Waals surface area contributed by atoms with E-state index in [0.717, 1.165) is 17.7 Å². The molecule has 0 aromatic heterocycles. The van der Waals surface area contributed by atoms with Gasteiger partial charge in [0.05, 0.1) is 6.54 Å². The topological polar surface area (TPSA) is 107 Å². The number of para-hydroxylation sites is 1. The molecule has 2 rings (SSSR count). The van der Waals surface area contributed by atoms with E-state index >= 15 is 0 Å². The summed E-state index contributed by atoms with van der Waals surface area (Å²) in [6.45, 7) is 0.494. The largest absolute Gasteiger partial charge is 0.473 e. The van der Waals surface area contributed by atoms with Gasteiger partial charge < -0.3 is 15.5 Å². The summed E-state index contributed by atoms with van der Waals surface area (Å²) in [6.07, 6.45) is 0. The minimum atomic E-state index is -1.82. The molecule has 0 aliphatic heterocycles. The predicted octanol–water partition coefficient (Wildman–Crippen LogP) is 2.84. The maximum atomic E-state index is 13.5. The van der Waals surface area contributed by atoms with Crippen molar-refractivity contribution in [3.8, 4) is 0 Å². The normalized spacial score (nSPS) is 10.0. The Bertz CT molecular complexity index is 831. The molecule has 150 valence electrons. The van der Waals surface area contributed by atoms with E-state index in [-0.39, 0.29) is 6.54 Å². The summed E-state index contributed by atoms with van der Waals surface area (Å²) in [5.41, 5.74) is 0.517. The molecule has 0 heterocycles. The summed E-state index contributed by atoms with van der Waals surface area (Å²) >= 11 is 5.90. The van der Waals surface area contributed by atoms with E-state index in [4.69, 9.17) is 31.4 Å². The Morgan fingerprint density at radius 2 is 1.57 bits per heavy atom. The summed E-state index contributed by atoms with van der Waals surface area (Å²) < 4.78 is 26.9. The Kier molecular flexibility index (Phi) is 9.00. The zero-order chi connectivity index (χ0) is 21.3. The van der Waals surface area contributed by atoms with E-state index in [1.807, 2.05) is 12.1 Å². The lowest BCUT2D eigenvalue weighted by molar-refractivity contribution is -0.159. The molecule has 0 saturated heterocycles. The number of carboxylic acid groups (broad SMARTS) is 2. The molecule has 0 fully saturated rings. The number of nitrogens with zero attached hydrogens (tertiary/aromatic N) is 1. The number of benzene rings is 2. The van der Waals surface area contributed by atoms with Gasteiger partial charge in [-0.3, -0.25) is 9.69 Å². The lowest BCUT2D eigenvalue weighted by Crippen LogP contribution is -2.30. The average molecular weight is 415 g/mol. The molecular weight excluding hydrogens is 398 g/mol. The first-order valence-corrected chi connectivity index (χ1v) is 8.11. The van der Waals surface area contributed by atoms with E-state index in [2.05, 4.69) is 5.32 Å². The van der Waals surface area contributed by atoms with Crippen molar-refractivity contribution in [1.82, 2.24) is 4.90 Å². The van der Waals surface area contributed by atoms with Gasteiger partial charge in [0.25, 0.3) is 0 Å². The smallest absolute Gasteiger partial charge is 0.414 e. The molecule has 0 aliphatic carbocycles. The number of hydrogen-bond donors (Lipinski definition) is 3. The van der Waals surface area contributed by atoms with Gasteiger partial charge in [-0.05, 0) is 36.9 Å². The molecule has 10 heteroatoms. The summed E-state index contributed by atoms with van der Waals surface area (Å²) in [7, 11) is 1.73. The third-order valence-corrected chi connectivity index (χ3v) is 3.40. The van der Waals surface area contributed by atoms with Crippen LogP contribution in [0.1, 0.15) is 5.56 Å². The van der Waals surface area contributed by atoms with E-state index in [1.54, 1.807) is 24.1 Å². The number of amides is 1. The molecule has 0 aliphatic rings. The van der Waals surface area contributed by atoms with Crippen molar-refractivity contribution in [2.75, 3.05) is 18.9 Å². The van der Waals surface area contributed by atoms with Crippen LogP contribution in [-0.2, 0) is 20.9 Å². The van der Waals surface area contributed by atoms with Crippen molar-refractivity contribution in [2.24, 2.45) is 0 Å². The van der Waals surface area contributed by atoms with E-state index in [9.17, 15) is 13.6 Å². The van der Waals surface area contributed by atoms with E-state index in [0.29, 0.717) is 11.6 Å². The number of rotatable bonds is 5. The van der Waals surface area contributed by atoms with Crippen LogP contribution >= 0.6 is 11.6 Å². The molecule has 3 N–H and O–H groups in total. The molecule has 0 unspecified atom stereocenters. The zero-order valence-electron chi connectivity index (χ0n) is 14.7. The second kappa shape index (κ2) is 11.0. The molecule has 0 bridgehead atoms. The van der Waals surface area contributed by atoms with Crippen LogP contribution < -0.4 is 5.32 Å². The first-order valence-electron chi connectivity index (χ1n) is 7.73. The second-order valence-electron chi connectivity index (χ2n) is 5.56. The highest BCUT2D eigenvalue weighted by Crippen LogP contribution is 2.18. The predicted molar refractivity (Wildman–Crippen MR) is 98.0 cm³/mol. The van der Waals surface area contributed by atoms with Gasteiger partial charge in [-0.15, -0.1) is 0 Å². The van der Waals surface area contributed by atoms with Gasteiger partial charge in [0.2, 0.25) is 5.91 Å². The Morgan fingerprint density at radius 1 is 1.04 bits per heavy atom. The molecule has 2 aromatic carbocycles. The number of carbonyl (C=O) groups is 3. The second-order valence-corrected chi connectivity index (χ2v) is 5.99. The molecule has 0 atom stereocenters. The number of aliphatic carboxylic acids is 2. The number of likely N-dealkylation sites (N-methyl/N-ethyl adjacent to an activating group) is 1. The fourth-order valence-electron chi connectivity index (χ4n) is 2.04. The van der Waals surface area contributed by atoms with Gasteiger partial charge in [-0.25, -0.2) is 18.4 Å². The van der Waals surface area contributed by atoms with Crippen molar-refractivity contribution < 1.29 is 33.4 Å². The zero-order valence-corrected chi connectivity index (χ0v) is 15.4. The molecule has 0 saturated carbocycles. The molecule has 2 aromatic rings. The highest BCUT2D eigenvalue weighted by Gasteiger charge is 2.13. The number of nitrogens with one attached hydrogen (secondary N) is 1. The van der Waals surface area contributed by atoms with Crippen molar-refractivity contribution in [1.29, 1.82) is 0 Å².